The van der Waals surface area contributed by atoms with Crippen LogP contribution >= 0.6 is 0 Å². The first kappa shape index (κ1) is 37.1. The van der Waals surface area contributed by atoms with E-state index in [1.54, 1.807) is 12.5 Å². The summed E-state index contributed by atoms with van der Waals surface area (Å²) in [4.78, 5) is 39.3. The third kappa shape index (κ3) is 5.86. The van der Waals surface area contributed by atoms with E-state index in [4.69, 9.17) is 10.5 Å². The van der Waals surface area contributed by atoms with Crippen molar-refractivity contribution in [3.63, 3.8) is 0 Å². The summed E-state index contributed by atoms with van der Waals surface area (Å²) in [6.45, 7) is 19.5. The molecule has 6 rings (SSSR count). The second kappa shape index (κ2) is 13.4. The zero-order chi connectivity index (χ0) is 36.3. The van der Waals surface area contributed by atoms with Crippen molar-refractivity contribution >= 4 is 17.8 Å². The molecule has 1 aromatic rings. The third-order valence-corrected chi connectivity index (χ3v) is 16.0. The predicted molar refractivity (Wildman–Crippen MR) is 199 cm³/mol. The number of fused-ring (bicyclic) bond motifs is 7. The molecule has 2 unspecified atom stereocenters. The lowest BCUT2D eigenvalue weighted by Crippen LogP contribution is -2.66. The van der Waals surface area contributed by atoms with Crippen molar-refractivity contribution in [3.05, 3.63) is 47.5 Å². The first-order valence-electron chi connectivity index (χ1n) is 19.7. The quantitative estimate of drug-likeness (QED) is 0.150. The summed E-state index contributed by atoms with van der Waals surface area (Å²) in [6, 6.07) is 9.21. The van der Waals surface area contributed by atoms with Crippen molar-refractivity contribution in [3.8, 4) is 0 Å². The number of benzene rings is 1. The van der Waals surface area contributed by atoms with Gasteiger partial charge in [0.05, 0.1) is 11.5 Å². The van der Waals surface area contributed by atoms with Gasteiger partial charge in [-0.15, -0.1) is 0 Å². The van der Waals surface area contributed by atoms with Crippen molar-refractivity contribution in [2.45, 2.75) is 132 Å². The molecule has 7 heteroatoms. The summed E-state index contributed by atoms with van der Waals surface area (Å²) in [7, 11) is 0. The molecule has 0 spiro atoms. The zero-order valence-corrected chi connectivity index (χ0v) is 32.2. The Morgan fingerprint density at radius 1 is 0.880 bits per heavy atom. The number of ether oxygens (including phenoxy) is 1. The number of allylic oxidation sites excluding steroid dienone is 2. The van der Waals surface area contributed by atoms with Gasteiger partial charge >= 0.3 is 5.97 Å². The highest BCUT2D eigenvalue weighted by atomic mass is 16.5. The lowest BCUT2D eigenvalue weighted by atomic mass is 9.33. The molecule has 276 valence electrons. The van der Waals surface area contributed by atoms with E-state index in [1.807, 2.05) is 30.3 Å². The summed E-state index contributed by atoms with van der Waals surface area (Å²) in [5, 5.41) is 6.27. The SMILES string of the molecule is CC(=O)O[C@H]1CC[C@]2(C)C3CC=C4[C@@H]5[C@@H](C)[C@H](C)CC[C@]5(C(=O)NCCNC(=O)C(N)Cc5ccccc5)CC[C@@]4(C)[C@]3(C)CC[C@H]2C1(C)C. The molecule has 0 aliphatic heterocycles. The van der Waals surface area contributed by atoms with Crippen molar-refractivity contribution in [1.29, 1.82) is 0 Å². The molecule has 0 aromatic heterocycles. The minimum atomic E-state index is -0.622. The average Bonchev–Trinajstić information content (AvgIpc) is 3.06. The van der Waals surface area contributed by atoms with Crippen molar-refractivity contribution in [2.75, 3.05) is 13.1 Å². The van der Waals surface area contributed by atoms with Crippen LogP contribution in [0.25, 0.3) is 0 Å². The Bertz CT molecular complexity index is 1490. The van der Waals surface area contributed by atoms with Gasteiger partial charge < -0.3 is 21.1 Å². The number of hydrogen-bond donors (Lipinski definition) is 3. The average molecular weight is 688 g/mol. The zero-order valence-electron chi connectivity index (χ0n) is 32.2. The van der Waals surface area contributed by atoms with Gasteiger partial charge in [-0.05, 0) is 116 Å². The monoisotopic (exact) mass is 687 g/mol. The Kier molecular flexibility index (Phi) is 9.93. The molecule has 2 amide bonds. The second-order valence-corrected chi connectivity index (χ2v) is 18.6. The molecular formula is C43H65N3O4. The van der Waals surface area contributed by atoms with Crippen molar-refractivity contribution in [2.24, 2.45) is 62.4 Å². The van der Waals surface area contributed by atoms with E-state index in [0.717, 1.165) is 56.9 Å². The summed E-state index contributed by atoms with van der Waals surface area (Å²) >= 11 is 0. The molecule has 0 bridgehead atoms. The van der Waals surface area contributed by atoms with Gasteiger partial charge in [-0.1, -0.05) is 90.4 Å². The number of carbonyl (C=O) groups is 3. The van der Waals surface area contributed by atoms with Gasteiger partial charge in [0, 0.05) is 25.4 Å². The van der Waals surface area contributed by atoms with Gasteiger partial charge in [-0.2, -0.15) is 0 Å². The van der Waals surface area contributed by atoms with Crippen LogP contribution in [0.2, 0.25) is 0 Å². The van der Waals surface area contributed by atoms with Gasteiger partial charge in [0.2, 0.25) is 11.8 Å². The van der Waals surface area contributed by atoms with E-state index in [-0.39, 0.29) is 51.5 Å². The largest absolute Gasteiger partial charge is 0.462 e. The molecule has 0 heterocycles. The minimum Gasteiger partial charge on any atom is -0.462 e. The van der Waals surface area contributed by atoms with Gasteiger partial charge in [0.25, 0.3) is 0 Å². The van der Waals surface area contributed by atoms with Crippen LogP contribution in [0, 0.1) is 56.7 Å². The normalized spacial score (nSPS) is 40.8. The molecule has 50 heavy (non-hydrogen) atoms. The molecule has 4 fully saturated rings. The molecule has 7 nitrogen and oxygen atoms in total. The number of amides is 2. The molecule has 0 radical (unpaired) electrons. The fourth-order valence-corrected chi connectivity index (χ4v) is 12.9. The van der Waals surface area contributed by atoms with Gasteiger partial charge in [0.15, 0.2) is 0 Å². The van der Waals surface area contributed by atoms with Crippen LogP contribution in [-0.2, 0) is 25.5 Å². The number of rotatable bonds is 8. The van der Waals surface area contributed by atoms with E-state index in [2.05, 4.69) is 65.2 Å². The van der Waals surface area contributed by atoms with E-state index in [9.17, 15) is 14.4 Å². The maximum Gasteiger partial charge on any atom is 0.302 e. The Balaban J connectivity index is 1.20. The minimum absolute atomic E-state index is 0.0227. The van der Waals surface area contributed by atoms with E-state index in [0.29, 0.717) is 43.2 Å². The van der Waals surface area contributed by atoms with E-state index < -0.39 is 11.5 Å². The van der Waals surface area contributed by atoms with E-state index >= 15 is 0 Å². The molecule has 5 aliphatic rings. The number of esters is 1. The van der Waals surface area contributed by atoms with Gasteiger partial charge in [-0.3, -0.25) is 14.4 Å². The number of nitrogens with two attached hydrogens (primary N) is 1. The van der Waals surface area contributed by atoms with Crippen LogP contribution in [0.15, 0.2) is 42.0 Å². The lowest BCUT2D eigenvalue weighted by Gasteiger charge is -2.71. The van der Waals surface area contributed by atoms with Crippen LogP contribution in [0.3, 0.4) is 0 Å². The van der Waals surface area contributed by atoms with Crippen molar-refractivity contribution in [1.82, 2.24) is 10.6 Å². The fourth-order valence-electron chi connectivity index (χ4n) is 12.9. The highest BCUT2D eigenvalue weighted by molar-refractivity contribution is 5.84. The van der Waals surface area contributed by atoms with E-state index in [1.165, 1.54) is 6.42 Å². The topological polar surface area (TPSA) is 111 Å². The first-order chi connectivity index (χ1) is 23.5. The Labute approximate surface area is 301 Å². The highest BCUT2D eigenvalue weighted by Crippen LogP contribution is 2.75. The van der Waals surface area contributed by atoms with Gasteiger partial charge in [0.1, 0.15) is 6.10 Å². The first-order valence-corrected chi connectivity index (χ1v) is 19.7. The maximum absolute atomic E-state index is 14.5. The summed E-state index contributed by atoms with van der Waals surface area (Å²) in [5.41, 5.74) is 8.67. The Hall–Kier alpha value is -2.67. The van der Waals surface area contributed by atoms with Crippen LogP contribution in [-0.4, -0.2) is 43.0 Å². The molecule has 5 aliphatic carbocycles. The molecule has 1 aromatic carbocycles. The smallest absolute Gasteiger partial charge is 0.302 e. The molecule has 0 saturated heterocycles. The summed E-state index contributed by atoms with van der Waals surface area (Å²) in [5.74, 6) is 2.07. The Morgan fingerprint density at radius 2 is 1.58 bits per heavy atom. The fraction of sp³-hybridized carbons (Fsp3) is 0.744. The molecule has 4 N–H and O–H groups in total. The van der Waals surface area contributed by atoms with Crippen LogP contribution in [0.5, 0.6) is 0 Å². The number of hydrogen-bond acceptors (Lipinski definition) is 5. The van der Waals surface area contributed by atoms with Crippen molar-refractivity contribution < 1.29 is 19.1 Å². The highest BCUT2D eigenvalue weighted by Gasteiger charge is 2.69. The lowest BCUT2D eigenvalue weighted by molar-refractivity contribution is -0.212. The summed E-state index contributed by atoms with van der Waals surface area (Å²) < 4.78 is 5.95. The van der Waals surface area contributed by atoms with Crippen LogP contribution in [0.1, 0.15) is 119 Å². The van der Waals surface area contributed by atoms with Crippen LogP contribution < -0.4 is 16.4 Å². The number of nitrogens with one attached hydrogen (secondary N) is 2. The summed E-state index contributed by atoms with van der Waals surface area (Å²) in [6.07, 6.45) is 12.4. The second-order valence-electron chi connectivity index (χ2n) is 18.6. The van der Waals surface area contributed by atoms with Crippen LogP contribution in [0.4, 0.5) is 0 Å². The maximum atomic E-state index is 14.5. The molecular weight excluding hydrogens is 622 g/mol. The molecule has 4 saturated carbocycles. The Morgan fingerprint density at radius 3 is 2.28 bits per heavy atom. The third-order valence-electron chi connectivity index (χ3n) is 16.0. The number of carbonyl (C=O) groups excluding carboxylic acids is 3. The standard InChI is InChI=1S/C43H65N3O4/c1-27-16-21-43(38(49)46-25-24-45-37(48)32(44)26-30-12-10-9-11-13-30)23-22-41(7)31(36(43)28(27)2)14-15-34-40(6)19-18-35(50-29(3)47)39(4,5)33(40)17-20-42(34,41)8/h9-14,27-28,32-36H,15-26,44H2,1-8H3,(H,45,48)(H,46,49)/t27-,28+,32?,33+,34?,35+,36+,40+,41-,42-,43+/m1/s1. The van der Waals surface area contributed by atoms with Gasteiger partial charge in [-0.25, -0.2) is 0 Å². The molecule has 11 atom stereocenters. The predicted octanol–water partition coefficient (Wildman–Crippen LogP) is 7.38.